The van der Waals surface area contributed by atoms with Crippen LogP contribution in [-0.2, 0) is 22.0 Å². The van der Waals surface area contributed by atoms with Gasteiger partial charge >= 0.3 is 5.97 Å². The number of halogens is 1. The van der Waals surface area contributed by atoms with Crippen molar-refractivity contribution in [1.82, 2.24) is 20.3 Å². The van der Waals surface area contributed by atoms with Gasteiger partial charge in [-0.2, -0.15) is 0 Å². The standard InChI is InChI=1S/C12H19ClN4O3/c1-4-20-12(19)11-9(7-13)17(16-15-11)6-5-10(18)14-8(2)3/h8H,4-7H2,1-3H3,(H,14,18). The molecule has 0 unspecified atom stereocenters. The Bertz CT molecular complexity index is 473. The van der Waals surface area contributed by atoms with Gasteiger partial charge in [-0.25, -0.2) is 9.48 Å². The summed E-state index contributed by atoms with van der Waals surface area (Å²) in [6, 6.07) is 0.0841. The topological polar surface area (TPSA) is 86.1 Å². The van der Waals surface area contributed by atoms with Gasteiger partial charge in [0.2, 0.25) is 5.91 Å². The van der Waals surface area contributed by atoms with Crippen LogP contribution in [0.5, 0.6) is 0 Å². The fourth-order valence-corrected chi connectivity index (χ4v) is 1.87. The monoisotopic (exact) mass is 302 g/mol. The number of alkyl halides is 1. The summed E-state index contributed by atoms with van der Waals surface area (Å²) in [6.07, 6.45) is 0.244. The Balaban J connectivity index is 2.72. The molecule has 0 bridgehead atoms. The van der Waals surface area contributed by atoms with E-state index in [1.807, 2.05) is 13.8 Å². The van der Waals surface area contributed by atoms with E-state index in [4.69, 9.17) is 16.3 Å². The fourth-order valence-electron chi connectivity index (χ4n) is 1.60. The van der Waals surface area contributed by atoms with Crippen LogP contribution in [-0.4, -0.2) is 39.5 Å². The number of nitrogens with zero attached hydrogens (tertiary/aromatic N) is 3. The van der Waals surface area contributed by atoms with Gasteiger partial charge in [0.15, 0.2) is 5.69 Å². The number of rotatable bonds is 7. The van der Waals surface area contributed by atoms with Crippen LogP contribution in [0.2, 0.25) is 0 Å². The molecule has 7 nitrogen and oxygen atoms in total. The minimum atomic E-state index is -0.555. The second-order valence-corrected chi connectivity index (χ2v) is 4.70. The van der Waals surface area contributed by atoms with Gasteiger partial charge in [0.1, 0.15) is 0 Å². The molecule has 112 valence electrons. The van der Waals surface area contributed by atoms with Gasteiger partial charge in [-0.3, -0.25) is 4.79 Å². The molecule has 1 aromatic rings. The number of hydrogen-bond donors (Lipinski definition) is 1. The Kier molecular flexibility index (Phi) is 6.44. The predicted molar refractivity (Wildman–Crippen MR) is 73.4 cm³/mol. The molecule has 0 fully saturated rings. The molecule has 0 aromatic carbocycles. The quantitative estimate of drug-likeness (QED) is 0.602. The first kappa shape index (κ1) is 16.4. The molecule has 1 heterocycles. The normalized spacial score (nSPS) is 10.7. The lowest BCUT2D eigenvalue weighted by Gasteiger charge is -2.09. The number of carbonyl (C=O) groups excluding carboxylic acids is 2. The zero-order valence-electron chi connectivity index (χ0n) is 11.9. The summed E-state index contributed by atoms with van der Waals surface area (Å²) < 4.78 is 6.33. The lowest BCUT2D eigenvalue weighted by atomic mass is 10.3. The molecular weight excluding hydrogens is 284 g/mol. The van der Waals surface area contributed by atoms with Gasteiger partial charge in [0, 0.05) is 12.5 Å². The summed E-state index contributed by atoms with van der Waals surface area (Å²) in [4.78, 5) is 23.2. The van der Waals surface area contributed by atoms with Gasteiger partial charge in [-0.05, 0) is 20.8 Å². The molecule has 0 spiro atoms. The Morgan fingerprint density at radius 1 is 1.45 bits per heavy atom. The minimum absolute atomic E-state index is 0.0763. The summed E-state index contributed by atoms with van der Waals surface area (Å²) >= 11 is 5.81. The summed E-state index contributed by atoms with van der Waals surface area (Å²) in [7, 11) is 0. The van der Waals surface area contributed by atoms with Crippen LogP contribution >= 0.6 is 11.6 Å². The Morgan fingerprint density at radius 3 is 2.70 bits per heavy atom. The fraction of sp³-hybridized carbons (Fsp3) is 0.667. The molecule has 0 radical (unpaired) electrons. The molecule has 0 saturated heterocycles. The molecule has 1 N–H and O–H groups in total. The maximum Gasteiger partial charge on any atom is 0.360 e. The first-order valence-electron chi connectivity index (χ1n) is 6.44. The van der Waals surface area contributed by atoms with Gasteiger partial charge < -0.3 is 10.1 Å². The molecule has 1 rings (SSSR count). The minimum Gasteiger partial charge on any atom is -0.461 e. The molecule has 0 aliphatic rings. The van der Waals surface area contributed by atoms with Crippen LogP contribution in [0, 0.1) is 0 Å². The zero-order valence-corrected chi connectivity index (χ0v) is 12.6. The molecule has 1 amide bonds. The number of amides is 1. The highest BCUT2D eigenvalue weighted by Gasteiger charge is 2.20. The second kappa shape index (κ2) is 7.84. The zero-order chi connectivity index (χ0) is 15.1. The van der Waals surface area contributed by atoms with Crippen molar-refractivity contribution in [2.75, 3.05) is 6.61 Å². The molecule has 0 aliphatic carbocycles. The van der Waals surface area contributed by atoms with Crippen LogP contribution < -0.4 is 5.32 Å². The predicted octanol–water partition coefficient (Wildman–Crippen LogP) is 1.11. The summed E-state index contributed by atoms with van der Waals surface area (Å²) in [5.74, 6) is -0.567. The van der Waals surface area contributed by atoms with E-state index in [1.165, 1.54) is 4.68 Å². The Morgan fingerprint density at radius 2 is 2.15 bits per heavy atom. The Labute approximate surface area is 122 Å². The van der Waals surface area contributed by atoms with E-state index < -0.39 is 5.97 Å². The second-order valence-electron chi connectivity index (χ2n) is 4.43. The molecule has 0 atom stereocenters. The van der Waals surface area contributed by atoms with E-state index in [1.54, 1.807) is 6.92 Å². The highest BCUT2D eigenvalue weighted by molar-refractivity contribution is 6.17. The third-order valence-corrected chi connectivity index (χ3v) is 2.69. The van der Waals surface area contributed by atoms with E-state index in [2.05, 4.69) is 15.6 Å². The average Bonchev–Trinajstić information content (AvgIpc) is 2.78. The largest absolute Gasteiger partial charge is 0.461 e. The summed E-state index contributed by atoms with van der Waals surface area (Å²) in [5, 5.41) is 10.4. The third kappa shape index (κ3) is 4.48. The number of aryl methyl sites for hydroxylation is 1. The molecular formula is C12H19ClN4O3. The van der Waals surface area contributed by atoms with Crippen molar-refractivity contribution in [3.8, 4) is 0 Å². The smallest absolute Gasteiger partial charge is 0.360 e. The van der Waals surface area contributed by atoms with Crippen molar-refractivity contribution in [2.24, 2.45) is 0 Å². The maximum absolute atomic E-state index is 11.6. The number of nitrogens with one attached hydrogen (secondary N) is 1. The maximum atomic E-state index is 11.6. The van der Waals surface area contributed by atoms with E-state index in [0.29, 0.717) is 12.2 Å². The van der Waals surface area contributed by atoms with E-state index >= 15 is 0 Å². The Hall–Kier alpha value is -1.63. The molecule has 1 aromatic heterocycles. The molecule has 20 heavy (non-hydrogen) atoms. The molecule has 8 heteroatoms. The lowest BCUT2D eigenvalue weighted by Crippen LogP contribution is -2.30. The molecule has 0 aliphatic heterocycles. The highest BCUT2D eigenvalue weighted by Crippen LogP contribution is 2.11. The van der Waals surface area contributed by atoms with Crippen LogP contribution in [0.15, 0.2) is 0 Å². The SMILES string of the molecule is CCOC(=O)c1nnn(CCC(=O)NC(C)C)c1CCl. The number of aromatic nitrogens is 3. The summed E-state index contributed by atoms with van der Waals surface area (Å²) in [5.41, 5.74) is 0.564. The number of ether oxygens (including phenoxy) is 1. The molecule has 0 saturated carbocycles. The van der Waals surface area contributed by atoms with Crippen molar-refractivity contribution in [3.63, 3.8) is 0 Å². The van der Waals surface area contributed by atoms with Crippen LogP contribution in [0.25, 0.3) is 0 Å². The first-order valence-corrected chi connectivity index (χ1v) is 6.97. The van der Waals surface area contributed by atoms with E-state index in [0.717, 1.165) is 0 Å². The van der Waals surface area contributed by atoms with Crippen molar-refractivity contribution in [1.29, 1.82) is 0 Å². The number of esters is 1. The average molecular weight is 303 g/mol. The first-order chi connectivity index (χ1) is 9.49. The lowest BCUT2D eigenvalue weighted by molar-refractivity contribution is -0.121. The van der Waals surface area contributed by atoms with Crippen LogP contribution in [0.4, 0.5) is 0 Å². The highest BCUT2D eigenvalue weighted by atomic mass is 35.5. The summed E-state index contributed by atoms with van der Waals surface area (Å²) in [6.45, 7) is 6.04. The van der Waals surface area contributed by atoms with Gasteiger partial charge in [0.05, 0.1) is 24.7 Å². The van der Waals surface area contributed by atoms with Crippen molar-refractivity contribution >= 4 is 23.5 Å². The van der Waals surface area contributed by atoms with Crippen molar-refractivity contribution in [3.05, 3.63) is 11.4 Å². The van der Waals surface area contributed by atoms with Gasteiger partial charge in [0.25, 0.3) is 0 Å². The van der Waals surface area contributed by atoms with E-state index in [-0.39, 0.29) is 36.6 Å². The van der Waals surface area contributed by atoms with Crippen molar-refractivity contribution < 1.29 is 14.3 Å². The van der Waals surface area contributed by atoms with Gasteiger partial charge in [-0.1, -0.05) is 5.21 Å². The van der Waals surface area contributed by atoms with E-state index in [9.17, 15) is 9.59 Å². The number of carbonyl (C=O) groups is 2. The van der Waals surface area contributed by atoms with Gasteiger partial charge in [-0.15, -0.1) is 16.7 Å². The number of hydrogen-bond acceptors (Lipinski definition) is 5. The van der Waals surface area contributed by atoms with Crippen LogP contribution in [0.3, 0.4) is 0 Å². The van der Waals surface area contributed by atoms with Crippen molar-refractivity contribution in [2.45, 2.75) is 45.7 Å². The third-order valence-electron chi connectivity index (χ3n) is 2.43. The van der Waals surface area contributed by atoms with Crippen LogP contribution in [0.1, 0.15) is 43.4 Å².